The maximum Gasteiger partial charge on any atom is 0.256 e. The average molecular weight is 270 g/mol. The fraction of sp³-hybridized carbons (Fsp3) is 0.333. The van der Waals surface area contributed by atoms with Gasteiger partial charge in [-0.25, -0.2) is 4.68 Å². The summed E-state index contributed by atoms with van der Waals surface area (Å²) >= 11 is 0. The van der Waals surface area contributed by atoms with E-state index >= 15 is 0 Å². The zero-order valence-corrected chi connectivity index (χ0v) is 11.3. The highest BCUT2D eigenvalue weighted by Crippen LogP contribution is 2.18. The van der Waals surface area contributed by atoms with Gasteiger partial charge in [-0.15, -0.1) is 0 Å². The van der Waals surface area contributed by atoms with E-state index in [9.17, 15) is 4.79 Å². The Morgan fingerprint density at radius 1 is 1.30 bits per heavy atom. The Morgan fingerprint density at radius 3 is 2.90 bits per heavy atom. The molecule has 104 valence electrons. The van der Waals surface area contributed by atoms with E-state index in [-0.39, 0.29) is 11.9 Å². The van der Waals surface area contributed by atoms with Crippen LogP contribution in [0.3, 0.4) is 0 Å². The van der Waals surface area contributed by atoms with Crippen LogP contribution in [-0.4, -0.2) is 39.7 Å². The van der Waals surface area contributed by atoms with Gasteiger partial charge in [-0.05, 0) is 31.0 Å². The lowest BCUT2D eigenvalue weighted by Gasteiger charge is -2.31. The molecule has 1 aliphatic rings. The van der Waals surface area contributed by atoms with Gasteiger partial charge < -0.3 is 10.6 Å². The Kier molecular flexibility index (Phi) is 3.52. The third-order valence-electron chi connectivity index (χ3n) is 3.63. The first-order chi connectivity index (χ1) is 9.75. The molecule has 1 atom stereocenters. The molecule has 1 fully saturated rings. The molecule has 0 radical (unpaired) electrons. The van der Waals surface area contributed by atoms with E-state index in [0.717, 1.165) is 25.1 Å². The summed E-state index contributed by atoms with van der Waals surface area (Å²) in [5, 5.41) is 4.21. The Labute approximate surface area is 118 Å². The van der Waals surface area contributed by atoms with Crippen LogP contribution in [-0.2, 0) is 0 Å². The van der Waals surface area contributed by atoms with E-state index in [1.165, 1.54) is 0 Å². The number of carbonyl (C=O) groups is 1. The maximum atomic E-state index is 12.7. The minimum atomic E-state index is 0.0336. The molecule has 3 rings (SSSR count). The van der Waals surface area contributed by atoms with Crippen molar-refractivity contribution < 1.29 is 4.79 Å². The van der Waals surface area contributed by atoms with E-state index in [1.807, 2.05) is 41.4 Å². The predicted octanol–water partition coefficient (Wildman–Crippen LogP) is 1.44. The van der Waals surface area contributed by atoms with Crippen LogP contribution in [0.4, 0.5) is 0 Å². The molecule has 5 nitrogen and oxygen atoms in total. The number of rotatable bonds is 2. The Bertz CT molecular complexity index is 594. The van der Waals surface area contributed by atoms with Crippen LogP contribution in [0.25, 0.3) is 5.69 Å². The second kappa shape index (κ2) is 5.46. The average Bonchev–Trinajstić information content (AvgIpc) is 3.00. The van der Waals surface area contributed by atoms with E-state index in [1.54, 1.807) is 10.9 Å². The first kappa shape index (κ1) is 12.9. The number of benzene rings is 1. The molecule has 1 aromatic carbocycles. The highest BCUT2D eigenvalue weighted by atomic mass is 16.2. The number of para-hydroxylation sites is 1. The second-order valence-electron chi connectivity index (χ2n) is 5.12. The number of likely N-dealkylation sites (tertiary alicyclic amines) is 1. The van der Waals surface area contributed by atoms with Gasteiger partial charge in [-0.2, -0.15) is 5.10 Å². The van der Waals surface area contributed by atoms with Crippen LogP contribution in [0.15, 0.2) is 42.7 Å². The lowest BCUT2D eigenvalue weighted by Crippen LogP contribution is -2.45. The van der Waals surface area contributed by atoms with Crippen molar-refractivity contribution in [2.24, 2.45) is 5.73 Å². The molecule has 1 saturated heterocycles. The molecule has 1 unspecified atom stereocenters. The molecule has 2 aromatic rings. The van der Waals surface area contributed by atoms with Gasteiger partial charge in [0.1, 0.15) is 0 Å². The quantitative estimate of drug-likeness (QED) is 0.898. The highest BCUT2D eigenvalue weighted by molar-refractivity contribution is 5.97. The van der Waals surface area contributed by atoms with Crippen LogP contribution >= 0.6 is 0 Å². The van der Waals surface area contributed by atoms with Crippen LogP contribution in [0, 0.1) is 0 Å². The third-order valence-corrected chi connectivity index (χ3v) is 3.63. The van der Waals surface area contributed by atoms with Crippen molar-refractivity contribution in [3.8, 4) is 5.69 Å². The molecule has 0 saturated carbocycles. The molecule has 1 aromatic heterocycles. The minimum absolute atomic E-state index is 0.0336. The van der Waals surface area contributed by atoms with Crippen LogP contribution in [0.5, 0.6) is 0 Å². The van der Waals surface area contributed by atoms with Gasteiger partial charge in [0.2, 0.25) is 0 Å². The molecule has 0 spiro atoms. The van der Waals surface area contributed by atoms with Gasteiger partial charge in [0.25, 0.3) is 5.91 Å². The van der Waals surface area contributed by atoms with Crippen molar-refractivity contribution in [1.82, 2.24) is 14.7 Å². The lowest BCUT2D eigenvalue weighted by molar-refractivity contribution is 0.0708. The van der Waals surface area contributed by atoms with Gasteiger partial charge in [0.05, 0.1) is 11.3 Å². The summed E-state index contributed by atoms with van der Waals surface area (Å²) in [6.07, 6.45) is 5.51. The van der Waals surface area contributed by atoms with Crippen molar-refractivity contribution >= 4 is 5.91 Å². The molecular weight excluding hydrogens is 252 g/mol. The summed E-state index contributed by atoms with van der Waals surface area (Å²) in [5.74, 6) is 0.0336. The number of piperidine rings is 1. The zero-order valence-electron chi connectivity index (χ0n) is 11.3. The number of amides is 1. The second-order valence-corrected chi connectivity index (χ2v) is 5.12. The standard InChI is InChI=1S/C15H18N4O/c16-12-5-3-9-18(11-12)15(20)13-6-1-2-7-14(13)19-10-4-8-17-19/h1-2,4,6-8,10,12H,3,5,9,11,16H2. The maximum absolute atomic E-state index is 12.7. The lowest BCUT2D eigenvalue weighted by atomic mass is 10.0. The highest BCUT2D eigenvalue weighted by Gasteiger charge is 2.24. The van der Waals surface area contributed by atoms with Gasteiger partial charge in [-0.1, -0.05) is 12.1 Å². The van der Waals surface area contributed by atoms with Gasteiger partial charge in [-0.3, -0.25) is 4.79 Å². The smallest absolute Gasteiger partial charge is 0.256 e. The van der Waals surface area contributed by atoms with Gasteiger partial charge >= 0.3 is 0 Å². The third kappa shape index (κ3) is 2.44. The number of nitrogens with two attached hydrogens (primary N) is 1. The fourth-order valence-electron chi connectivity index (χ4n) is 2.63. The Morgan fingerprint density at radius 2 is 2.15 bits per heavy atom. The number of hydrogen-bond acceptors (Lipinski definition) is 3. The van der Waals surface area contributed by atoms with E-state index in [0.29, 0.717) is 12.1 Å². The first-order valence-electron chi connectivity index (χ1n) is 6.89. The fourth-order valence-corrected chi connectivity index (χ4v) is 2.63. The summed E-state index contributed by atoms with van der Waals surface area (Å²) in [4.78, 5) is 14.5. The van der Waals surface area contributed by atoms with E-state index < -0.39 is 0 Å². The molecule has 5 heteroatoms. The molecule has 20 heavy (non-hydrogen) atoms. The normalized spacial score (nSPS) is 19.1. The summed E-state index contributed by atoms with van der Waals surface area (Å²) < 4.78 is 1.72. The molecule has 1 amide bonds. The topological polar surface area (TPSA) is 64.2 Å². The molecule has 1 aliphatic heterocycles. The van der Waals surface area contributed by atoms with E-state index in [2.05, 4.69) is 5.10 Å². The van der Waals surface area contributed by atoms with Gasteiger partial charge in [0, 0.05) is 31.5 Å². The van der Waals surface area contributed by atoms with Crippen molar-refractivity contribution in [2.75, 3.05) is 13.1 Å². The number of carbonyl (C=O) groups excluding carboxylic acids is 1. The summed E-state index contributed by atoms with van der Waals surface area (Å²) in [5.41, 5.74) is 7.44. The van der Waals surface area contributed by atoms with E-state index in [4.69, 9.17) is 5.73 Å². The van der Waals surface area contributed by atoms with Crippen molar-refractivity contribution in [3.63, 3.8) is 0 Å². The molecule has 2 N–H and O–H groups in total. The monoisotopic (exact) mass is 270 g/mol. The van der Waals surface area contributed by atoms with Crippen molar-refractivity contribution in [3.05, 3.63) is 48.3 Å². The Balaban J connectivity index is 1.92. The molecule has 0 bridgehead atoms. The van der Waals surface area contributed by atoms with Crippen LogP contribution in [0.1, 0.15) is 23.2 Å². The summed E-state index contributed by atoms with van der Waals surface area (Å²) in [7, 11) is 0. The zero-order chi connectivity index (χ0) is 13.9. The predicted molar refractivity (Wildman–Crippen MR) is 76.7 cm³/mol. The first-order valence-corrected chi connectivity index (χ1v) is 6.89. The van der Waals surface area contributed by atoms with Crippen molar-refractivity contribution in [2.45, 2.75) is 18.9 Å². The summed E-state index contributed by atoms with van der Waals surface area (Å²) in [6, 6.07) is 9.48. The summed E-state index contributed by atoms with van der Waals surface area (Å²) in [6.45, 7) is 1.41. The number of nitrogens with zero attached hydrogens (tertiary/aromatic N) is 3. The molecule has 2 heterocycles. The van der Waals surface area contributed by atoms with Gasteiger partial charge in [0.15, 0.2) is 0 Å². The molecular formula is C15H18N4O. The minimum Gasteiger partial charge on any atom is -0.337 e. The van der Waals surface area contributed by atoms with Crippen LogP contribution in [0.2, 0.25) is 0 Å². The van der Waals surface area contributed by atoms with Crippen molar-refractivity contribution in [1.29, 1.82) is 0 Å². The number of hydrogen-bond donors (Lipinski definition) is 1. The molecule has 0 aliphatic carbocycles. The SMILES string of the molecule is NC1CCCN(C(=O)c2ccccc2-n2cccn2)C1. The van der Waals surface area contributed by atoms with Crippen LogP contribution < -0.4 is 5.73 Å². The Hall–Kier alpha value is -2.14. The largest absolute Gasteiger partial charge is 0.337 e. The number of aromatic nitrogens is 2.